The SMILES string of the molecule is BrC1=CC(c2cccc3c2B(Nc2ccccc2)N(c2ccccc2)c2cc(Br)c4ccccc4c2-3)c2ccccc21. The molecule has 0 amide bonds. The fourth-order valence-electron chi connectivity index (χ4n) is 6.71. The Labute approximate surface area is 263 Å². The van der Waals surface area contributed by atoms with E-state index in [9.17, 15) is 0 Å². The van der Waals surface area contributed by atoms with Crippen LogP contribution < -0.4 is 15.5 Å². The molecule has 6 aromatic rings. The molecule has 0 aromatic heterocycles. The minimum atomic E-state index is -0.151. The van der Waals surface area contributed by atoms with E-state index >= 15 is 0 Å². The van der Waals surface area contributed by atoms with E-state index in [0.29, 0.717) is 0 Å². The van der Waals surface area contributed by atoms with Crippen LogP contribution in [0.25, 0.3) is 26.4 Å². The van der Waals surface area contributed by atoms with Gasteiger partial charge in [0.05, 0.1) is 0 Å². The molecule has 1 N–H and O–H groups in total. The monoisotopic (exact) mass is 666 g/mol. The van der Waals surface area contributed by atoms with Crippen LogP contribution in [0.3, 0.4) is 0 Å². The predicted molar refractivity (Wildman–Crippen MR) is 186 cm³/mol. The van der Waals surface area contributed by atoms with E-state index in [1.54, 1.807) is 0 Å². The predicted octanol–water partition coefficient (Wildman–Crippen LogP) is 10.1. The van der Waals surface area contributed by atoms with Crippen molar-refractivity contribution >= 4 is 76.6 Å². The van der Waals surface area contributed by atoms with Crippen LogP contribution in [0.5, 0.6) is 0 Å². The second-order valence-electron chi connectivity index (χ2n) is 10.8. The second-order valence-corrected chi connectivity index (χ2v) is 12.5. The van der Waals surface area contributed by atoms with Gasteiger partial charge < -0.3 is 10.0 Å². The number of rotatable bonds is 4. The number of nitrogens with one attached hydrogen (secondary N) is 1. The number of nitrogens with zero attached hydrogens (tertiary/aromatic N) is 1. The van der Waals surface area contributed by atoms with Crippen molar-refractivity contribution in [1.29, 1.82) is 0 Å². The van der Waals surface area contributed by atoms with E-state index in [1.165, 1.54) is 49.7 Å². The Balaban J connectivity index is 1.47. The van der Waals surface area contributed by atoms with Gasteiger partial charge in [0, 0.05) is 37.5 Å². The molecule has 6 aromatic carbocycles. The maximum atomic E-state index is 3.97. The Morgan fingerprint density at radius 2 is 1.26 bits per heavy atom. The van der Waals surface area contributed by atoms with Crippen LogP contribution >= 0.6 is 31.9 Å². The fourth-order valence-corrected chi connectivity index (χ4v) is 7.90. The average molecular weight is 668 g/mol. The average Bonchev–Trinajstić information content (AvgIpc) is 3.38. The number of para-hydroxylation sites is 2. The van der Waals surface area contributed by atoms with Crippen LogP contribution in [0, 0.1) is 0 Å². The minimum Gasteiger partial charge on any atom is -0.405 e. The molecule has 0 spiro atoms. The lowest BCUT2D eigenvalue weighted by Gasteiger charge is -2.41. The van der Waals surface area contributed by atoms with Gasteiger partial charge in [0.1, 0.15) is 0 Å². The Hall–Kier alpha value is -4.06. The third kappa shape index (κ3) is 4.06. The molecule has 0 bridgehead atoms. The number of hydrogen-bond acceptors (Lipinski definition) is 2. The highest BCUT2D eigenvalue weighted by molar-refractivity contribution is 9.15. The first kappa shape index (κ1) is 25.6. The lowest BCUT2D eigenvalue weighted by molar-refractivity contribution is 1.06. The van der Waals surface area contributed by atoms with Gasteiger partial charge in [0.2, 0.25) is 0 Å². The summed E-state index contributed by atoms with van der Waals surface area (Å²) in [5, 5.41) is 6.42. The van der Waals surface area contributed by atoms with Gasteiger partial charge >= 0.3 is 6.98 Å². The minimum absolute atomic E-state index is 0.131. The molecule has 5 heteroatoms. The fraction of sp³-hybridized carbons (Fsp3) is 0.0270. The Kier molecular flexibility index (Phi) is 6.31. The molecule has 2 nitrogen and oxygen atoms in total. The van der Waals surface area contributed by atoms with E-state index in [-0.39, 0.29) is 12.9 Å². The van der Waals surface area contributed by atoms with Gasteiger partial charge in [-0.2, -0.15) is 0 Å². The van der Waals surface area contributed by atoms with Crippen molar-refractivity contribution in [2.24, 2.45) is 0 Å². The highest BCUT2D eigenvalue weighted by atomic mass is 79.9. The van der Waals surface area contributed by atoms with Crippen LogP contribution in [-0.2, 0) is 0 Å². The summed E-state index contributed by atoms with van der Waals surface area (Å²) in [4.78, 5) is 2.48. The highest BCUT2D eigenvalue weighted by Crippen LogP contribution is 2.49. The molecule has 1 aliphatic heterocycles. The number of halogens is 2. The van der Waals surface area contributed by atoms with Crippen LogP contribution in [0.1, 0.15) is 22.6 Å². The van der Waals surface area contributed by atoms with E-state index in [4.69, 9.17) is 0 Å². The summed E-state index contributed by atoms with van der Waals surface area (Å²) in [5.41, 5.74) is 11.1. The zero-order chi connectivity index (χ0) is 28.2. The Morgan fingerprint density at radius 3 is 2.07 bits per heavy atom. The Bertz CT molecular complexity index is 2010. The summed E-state index contributed by atoms with van der Waals surface area (Å²) in [7, 11) is 0. The molecule has 0 saturated heterocycles. The van der Waals surface area contributed by atoms with Crippen LogP contribution in [-0.4, -0.2) is 6.98 Å². The maximum absolute atomic E-state index is 3.97. The lowest BCUT2D eigenvalue weighted by atomic mass is 9.56. The lowest BCUT2D eigenvalue weighted by Crippen LogP contribution is -2.56. The third-order valence-electron chi connectivity index (χ3n) is 8.49. The van der Waals surface area contributed by atoms with Crippen molar-refractivity contribution in [3.63, 3.8) is 0 Å². The molecule has 1 aliphatic carbocycles. The first-order valence-electron chi connectivity index (χ1n) is 14.2. The van der Waals surface area contributed by atoms with Gasteiger partial charge in [0.25, 0.3) is 0 Å². The summed E-state index contributed by atoms with van der Waals surface area (Å²) in [6.45, 7) is -0.151. The van der Waals surface area contributed by atoms with Crippen LogP contribution in [0.4, 0.5) is 17.1 Å². The maximum Gasteiger partial charge on any atom is 0.414 e. The number of anilines is 3. The molecule has 1 heterocycles. The molecule has 1 unspecified atom stereocenters. The summed E-state index contributed by atoms with van der Waals surface area (Å²) in [5.74, 6) is 0.131. The zero-order valence-electron chi connectivity index (χ0n) is 22.6. The second kappa shape index (κ2) is 10.3. The number of fused-ring (bicyclic) bond motifs is 6. The molecule has 8 rings (SSSR count). The van der Waals surface area contributed by atoms with Gasteiger partial charge in [-0.25, -0.2) is 0 Å². The van der Waals surface area contributed by atoms with Gasteiger partial charge in [-0.1, -0.05) is 141 Å². The topological polar surface area (TPSA) is 15.3 Å². The van der Waals surface area contributed by atoms with Crippen molar-refractivity contribution in [2.75, 3.05) is 10.0 Å². The van der Waals surface area contributed by atoms with Crippen molar-refractivity contribution in [3.8, 4) is 11.1 Å². The van der Waals surface area contributed by atoms with E-state index < -0.39 is 0 Å². The van der Waals surface area contributed by atoms with Gasteiger partial charge in [-0.15, -0.1) is 0 Å². The van der Waals surface area contributed by atoms with Crippen molar-refractivity contribution < 1.29 is 0 Å². The molecule has 1 atom stereocenters. The van der Waals surface area contributed by atoms with Crippen LogP contribution in [0.2, 0.25) is 0 Å². The first-order chi connectivity index (χ1) is 20.7. The standard InChI is InChI=1S/C37H25BBr2N2/c39-33-22-32(26-16-7-8-17-27(26)33)30-20-11-21-31-36-29-19-10-9-18-28(29)34(40)23-35(36)42(25-14-5-2-6-15-25)38(37(30)31)41-24-12-3-1-4-13-24/h1-23,32,41H. The number of benzene rings is 6. The number of allylic oxidation sites excluding steroid dienone is 1. The largest absolute Gasteiger partial charge is 0.414 e. The molecular weight excluding hydrogens is 643 g/mol. The normalized spacial score (nSPS) is 15.2. The molecule has 0 radical (unpaired) electrons. The van der Waals surface area contributed by atoms with E-state index in [1.807, 2.05) is 0 Å². The van der Waals surface area contributed by atoms with Crippen molar-refractivity contribution in [2.45, 2.75) is 5.92 Å². The molecule has 2 aliphatic rings. The third-order valence-corrected chi connectivity index (χ3v) is 9.83. The van der Waals surface area contributed by atoms with E-state index in [0.717, 1.165) is 20.3 Å². The quantitative estimate of drug-likeness (QED) is 0.188. The van der Waals surface area contributed by atoms with E-state index in [2.05, 4.69) is 181 Å². The first-order valence-corrected chi connectivity index (χ1v) is 15.7. The number of hydrogen-bond donors (Lipinski definition) is 1. The summed E-state index contributed by atoms with van der Waals surface area (Å²) < 4.78 is 2.24. The molecule has 0 fully saturated rings. The van der Waals surface area contributed by atoms with Crippen molar-refractivity contribution in [3.05, 3.63) is 161 Å². The van der Waals surface area contributed by atoms with Gasteiger partial charge in [-0.05, 0) is 68.8 Å². The highest BCUT2D eigenvalue weighted by Gasteiger charge is 2.41. The zero-order valence-corrected chi connectivity index (χ0v) is 25.8. The van der Waals surface area contributed by atoms with Gasteiger partial charge in [0.15, 0.2) is 0 Å². The van der Waals surface area contributed by atoms with Crippen LogP contribution in [0.15, 0.2) is 144 Å². The Morgan fingerprint density at radius 1 is 0.619 bits per heavy atom. The summed E-state index contributed by atoms with van der Waals surface area (Å²) in [6.07, 6.45) is 2.36. The van der Waals surface area contributed by atoms with Gasteiger partial charge in [-0.3, -0.25) is 0 Å². The molecular formula is C37H25BBr2N2. The molecule has 42 heavy (non-hydrogen) atoms. The molecule has 0 saturated carbocycles. The van der Waals surface area contributed by atoms with Crippen molar-refractivity contribution in [1.82, 2.24) is 0 Å². The summed E-state index contributed by atoms with van der Waals surface area (Å²) >= 11 is 7.82. The summed E-state index contributed by atoms with van der Waals surface area (Å²) in [6, 6.07) is 47.9. The smallest absolute Gasteiger partial charge is 0.405 e. The molecule has 200 valence electrons.